The summed E-state index contributed by atoms with van der Waals surface area (Å²) in [6.07, 6.45) is 1.99. The van der Waals surface area contributed by atoms with E-state index < -0.39 is 0 Å². The third kappa shape index (κ3) is 3.20. The van der Waals surface area contributed by atoms with Crippen molar-refractivity contribution in [2.24, 2.45) is 11.7 Å². The Morgan fingerprint density at radius 2 is 2.24 bits per heavy atom. The highest BCUT2D eigenvalue weighted by Gasteiger charge is 2.27. The van der Waals surface area contributed by atoms with E-state index in [0.29, 0.717) is 0 Å². The number of hydrogen-bond donors (Lipinski definition) is 2. The van der Waals surface area contributed by atoms with Gasteiger partial charge in [-0.1, -0.05) is 29.8 Å². The zero-order valence-electron chi connectivity index (χ0n) is 9.79. The fourth-order valence-corrected chi connectivity index (χ4v) is 2.67. The second kappa shape index (κ2) is 5.52. The molecule has 0 radical (unpaired) electrons. The highest BCUT2D eigenvalue weighted by Crippen LogP contribution is 2.14. The summed E-state index contributed by atoms with van der Waals surface area (Å²) in [5, 5.41) is 0.807. The molecule has 0 saturated carbocycles. The average molecular weight is 254 g/mol. The topological polar surface area (TPSA) is 47.5 Å². The molecule has 0 aromatic heterocycles. The molecule has 1 heterocycles. The van der Waals surface area contributed by atoms with Crippen LogP contribution in [0, 0.1) is 5.92 Å². The van der Waals surface area contributed by atoms with Crippen molar-refractivity contribution >= 4 is 17.5 Å². The van der Waals surface area contributed by atoms with Crippen LogP contribution in [0.4, 0.5) is 0 Å². The molecular weight excluding hydrogens is 236 g/mol. The maximum atomic E-state index is 11.2. The second-order valence-corrected chi connectivity index (χ2v) is 5.12. The van der Waals surface area contributed by atoms with Gasteiger partial charge in [0.25, 0.3) is 0 Å². The summed E-state index contributed by atoms with van der Waals surface area (Å²) < 4.78 is 0. The molecule has 1 aliphatic rings. The van der Waals surface area contributed by atoms with Crippen LogP contribution in [0.3, 0.4) is 0 Å². The number of halogens is 1. The molecule has 1 aromatic rings. The van der Waals surface area contributed by atoms with Crippen LogP contribution in [0.1, 0.15) is 18.4 Å². The number of carbonyl (C=O) groups is 1. The molecule has 0 bridgehead atoms. The van der Waals surface area contributed by atoms with Crippen molar-refractivity contribution in [1.29, 1.82) is 0 Å². The van der Waals surface area contributed by atoms with Crippen LogP contribution in [0.25, 0.3) is 0 Å². The maximum Gasteiger partial charge on any atom is 0.226 e. The standard InChI is InChI=1S/C13H17ClN2O/c14-12-6-2-1-4-10(12)8-16-7-3-5-11(9-16)13(15)17/h1-2,4,6,11H,3,5,7-9H2,(H2,15,17)/p+1/t11-/m1/s1. The van der Waals surface area contributed by atoms with Gasteiger partial charge in [-0.2, -0.15) is 0 Å². The van der Waals surface area contributed by atoms with Gasteiger partial charge in [0, 0.05) is 10.6 Å². The lowest BCUT2D eigenvalue weighted by atomic mass is 9.97. The predicted molar refractivity (Wildman–Crippen MR) is 67.8 cm³/mol. The summed E-state index contributed by atoms with van der Waals surface area (Å²) in [5.74, 6) is -0.136. The third-order valence-electron chi connectivity index (χ3n) is 3.42. The first-order valence-electron chi connectivity index (χ1n) is 6.03. The molecule has 2 atom stereocenters. The molecule has 3 nitrogen and oxygen atoms in total. The summed E-state index contributed by atoms with van der Waals surface area (Å²) in [5.41, 5.74) is 6.52. The molecule has 2 rings (SSSR count). The minimum atomic E-state index is -0.165. The third-order valence-corrected chi connectivity index (χ3v) is 3.79. The molecule has 1 fully saturated rings. The van der Waals surface area contributed by atoms with Gasteiger partial charge in [-0.05, 0) is 18.9 Å². The summed E-state index contributed by atoms with van der Waals surface area (Å²) >= 11 is 6.14. The molecule has 17 heavy (non-hydrogen) atoms. The number of carbonyl (C=O) groups excluding carboxylic acids is 1. The van der Waals surface area contributed by atoms with E-state index in [1.54, 1.807) is 0 Å². The lowest BCUT2D eigenvalue weighted by Gasteiger charge is -2.28. The van der Waals surface area contributed by atoms with Crippen LogP contribution >= 0.6 is 11.6 Å². The van der Waals surface area contributed by atoms with Crippen molar-refractivity contribution in [3.63, 3.8) is 0 Å². The first-order valence-corrected chi connectivity index (χ1v) is 6.41. The van der Waals surface area contributed by atoms with E-state index in [1.807, 2.05) is 24.3 Å². The average Bonchev–Trinajstić information content (AvgIpc) is 2.32. The van der Waals surface area contributed by atoms with Crippen molar-refractivity contribution in [3.05, 3.63) is 34.9 Å². The Bertz CT molecular complexity index is 408. The minimum Gasteiger partial charge on any atom is -0.369 e. The molecular formula is C13H18ClN2O+. The Balaban J connectivity index is 1.99. The van der Waals surface area contributed by atoms with Crippen LogP contribution in [-0.4, -0.2) is 19.0 Å². The maximum absolute atomic E-state index is 11.2. The van der Waals surface area contributed by atoms with Gasteiger partial charge in [0.05, 0.1) is 19.0 Å². The summed E-state index contributed by atoms with van der Waals surface area (Å²) in [7, 11) is 0. The molecule has 3 N–H and O–H groups in total. The number of amides is 1. The lowest BCUT2D eigenvalue weighted by Crippen LogP contribution is -3.12. The van der Waals surface area contributed by atoms with Gasteiger partial charge in [0.15, 0.2) is 0 Å². The Labute approximate surface area is 107 Å². The number of nitrogens with two attached hydrogens (primary N) is 1. The lowest BCUT2D eigenvalue weighted by molar-refractivity contribution is -0.921. The van der Waals surface area contributed by atoms with Gasteiger partial charge in [-0.25, -0.2) is 0 Å². The van der Waals surface area contributed by atoms with Crippen LogP contribution in [-0.2, 0) is 11.3 Å². The van der Waals surface area contributed by atoms with Crippen LogP contribution < -0.4 is 10.6 Å². The number of nitrogens with one attached hydrogen (secondary N) is 1. The van der Waals surface area contributed by atoms with Gasteiger partial charge in [0.2, 0.25) is 5.91 Å². The highest BCUT2D eigenvalue weighted by atomic mass is 35.5. The van der Waals surface area contributed by atoms with Gasteiger partial charge in [-0.15, -0.1) is 0 Å². The van der Waals surface area contributed by atoms with Crippen LogP contribution in [0.5, 0.6) is 0 Å². The SMILES string of the molecule is NC(=O)[C@@H]1CCC[NH+](Cc2ccccc2Cl)C1. The number of hydrogen-bond acceptors (Lipinski definition) is 1. The van der Waals surface area contributed by atoms with E-state index in [4.69, 9.17) is 17.3 Å². The number of piperidine rings is 1. The van der Waals surface area contributed by atoms with Crippen molar-refractivity contribution in [2.75, 3.05) is 13.1 Å². The normalized spacial score (nSPS) is 24.5. The summed E-state index contributed by atoms with van der Waals surface area (Å²) in [6, 6.07) is 7.88. The van der Waals surface area contributed by atoms with Gasteiger partial charge in [-0.3, -0.25) is 4.79 Å². The van der Waals surface area contributed by atoms with E-state index >= 15 is 0 Å². The Morgan fingerprint density at radius 3 is 2.94 bits per heavy atom. The van der Waals surface area contributed by atoms with E-state index in [2.05, 4.69) is 0 Å². The van der Waals surface area contributed by atoms with Gasteiger partial charge in [0.1, 0.15) is 6.54 Å². The van der Waals surface area contributed by atoms with Crippen molar-refractivity contribution < 1.29 is 9.69 Å². The zero-order chi connectivity index (χ0) is 12.3. The molecule has 4 heteroatoms. The minimum absolute atomic E-state index is 0.0289. The zero-order valence-corrected chi connectivity index (χ0v) is 10.5. The van der Waals surface area contributed by atoms with Crippen LogP contribution in [0.2, 0.25) is 5.02 Å². The van der Waals surface area contributed by atoms with Crippen molar-refractivity contribution in [1.82, 2.24) is 0 Å². The van der Waals surface area contributed by atoms with Gasteiger partial charge >= 0.3 is 0 Å². The monoisotopic (exact) mass is 253 g/mol. The van der Waals surface area contributed by atoms with Crippen LogP contribution in [0.15, 0.2) is 24.3 Å². The Hall–Kier alpha value is -1.06. The fraction of sp³-hybridized carbons (Fsp3) is 0.462. The molecule has 0 aliphatic carbocycles. The molecule has 1 saturated heterocycles. The molecule has 1 aliphatic heterocycles. The number of rotatable bonds is 3. The van der Waals surface area contributed by atoms with Crippen molar-refractivity contribution in [2.45, 2.75) is 19.4 Å². The number of primary amides is 1. The smallest absolute Gasteiger partial charge is 0.226 e. The Morgan fingerprint density at radius 1 is 1.47 bits per heavy atom. The largest absolute Gasteiger partial charge is 0.369 e. The first kappa shape index (κ1) is 12.4. The molecule has 0 spiro atoms. The fourth-order valence-electron chi connectivity index (χ4n) is 2.47. The highest BCUT2D eigenvalue weighted by molar-refractivity contribution is 6.31. The Kier molecular flexibility index (Phi) is 4.02. The molecule has 1 amide bonds. The number of quaternary nitrogens is 1. The van der Waals surface area contributed by atoms with Crippen molar-refractivity contribution in [3.8, 4) is 0 Å². The second-order valence-electron chi connectivity index (χ2n) is 4.71. The number of benzene rings is 1. The van der Waals surface area contributed by atoms with E-state index in [9.17, 15) is 4.79 Å². The molecule has 1 unspecified atom stereocenters. The first-order chi connectivity index (χ1) is 8.16. The van der Waals surface area contributed by atoms with Gasteiger partial charge < -0.3 is 10.6 Å². The summed E-state index contributed by atoms with van der Waals surface area (Å²) in [4.78, 5) is 12.6. The van der Waals surface area contributed by atoms with E-state index in [0.717, 1.165) is 43.1 Å². The van der Waals surface area contributed by atoms with E-state index in [-0.39, 0.29) is 11.8 Å². The quantitative estimate of drug-likeness (QED) is 0.815. The molecule has 92 valence electrons. The number of likely N-dealkylation sites (tertiary alicyclic amines) is 1. The predicted octanol–water partition coefficient (Wildman–Crippen LogP) is 0.620. The summed E-state index contributed by atoms with van der Waals surface area (Å²) in [6.45, 7) is 2.80. The molecule has 1 aromatic carbocycles. The van der Waals surface area contributed by atoms with E-state index in [1.165, 1.54) is 4.90 Å².